The van der Waals surface area contributed by atoms with Crippen LogP contribution in [0.5, 0.6) is 0 Å². The highest BCUT2D eigenvalue weighted by Gasteiger charge is 2.29. The predicted molar refractivity (Wildman–Crippen MR) is 112 cm³/mol. The molecule has 0 radical (unpaired) electrons. The molecule has 0 aromatic carbocycles. The molecule has 0 fully saturated rings. The number of unbranched alkanes of at least 4 members (excludes halogenated alkanes) is 1. The molecule has 0 heterocycles. The summed E-state index contributed by atoms with van der Waals surface area (Å²) in [4.78, 5) is 59.3. The van der Waals surface area contributed by atoms with E-state index in [1.54, 1.807) is 6.26 Å². The van der Waals surface area contributed by atoms with Gasteiger partial charge in [0.1, 0.15) is 18.1 Å². The van der Waals surface area contributed by atoms with E-state index >= 15 is 0 Å². The highest BCUT2D eigenvalue weighted by molar-refractivity contribution is 7.98. The van der Waals surface area contributed by atoms with E-state index in [0.717, 1.165) is 0 Å². The van der Waals surface area contributed by atoms with Crippen molar-refractivity contribution in [2.45, 2.75) is 50.2 Å². The monoisotopic (exact) mass is 448 g/mol. The molecule has 0 aliphatic heterocycles. The SMILES string of the molecule is CSCCC(NC(=O)C(CC(N)=O)NC(=O)CN)C(=O)NC(CCCCN)C(=O)O. The maximum atomic E-state index is 12.6. The van der Waals surface area contributed by atoms with Crippen LogP contribution in [0.15, 0.2) is 0 Å². The number of carbonyl (C=O) groups is 5. The first-order chi connectivity index (χ1) is 14.2. The number of aliphatic carboxylic acids is 1. The van der Waals surface area contributed by atoms with E-state index in [4.69, 9.17) is 17.2 Å². The van der Waals surface area contributed by atoms with Crippen LogP contribution in [0.25, 0.3) is 0 Å². The Morgan fingerprint density at radius 3 is 2.00 bits per heavy atom. The summed E-state index contributed by atoms with van der Waals surface area (Å²) in [5, 5.41) is 16.5. The van der Waals surface area contributed by atoms with E-state index in [0.29, 0.717) is 25.1 Å². The van der Waals surface area contributed by atoms with E-state index in [-0.39, 0.29) is 12.8 Å². The van der Waals surface area contributed by atoms with Crippen LogP contribution in [0.2, 0.25) is 0 Å². The van der Waals surface area contributed by atoms with Crippen molar-refractivity contribution < 1.29 is 29.1 Å². The molecule has 0 saturated carbocycles. The maximum absolute atomic E-state index is 12.6. The van der Waals surface area contributed by atoms with Crippen LogP contribution in [0.1, 0.15) is 32.1 Å². The van der Waals surface area contributed by atoms with Crippen molar-refractivity contribution in [3.8, 4) is 0 Å². The lowest BCUT2D eigenvalue weighted by atomic mass is 10.1. The number of hydrogen-bond donors (Lipinski definition) is 7. The van der Waals surface area contributed by atoms with Crippen LogP contribution in [0.3, 0.4) is 0 Å². The Morgan fingerprint density at radius 2 is 1.50 bits per heavy atom. The molecule has 0 aliphatic rings. The third-order valence-electron chi connectivity index (χ3n) is 4.05. The van der Waals surface area contributed by atoms with Crippen LogP contribution in [0.4, 0.5) is 0 Å². The summed E-state index contributed by atoms with van der Waals surface area (Å²) in [5.41, 5.74) is 15.7. The molecule has 0 saturated heterocycles. The molecular formula is C17H32N6O6S. The first-order valence-corrected chi connectivity index (χ1v) is 10.9. The van der Waals surface area contributed by atoms with Gasteiger partial charge in [-0.3, -0.25) is 19.2 Å². The minimum atomic E-state index is -1.30. The Morgan fingerprint density at radius 1 is 0.900 bits per heavy atom. The number of hydrogen-bond acceptors (Lipinski definition) is 8. The van der Waals surface area contributed by atoms with Crippen molar-refractivity contribution >= 4 is 41.4 Å². The number of rotatable bonds is 16. The molecule has 3 atom stereocenters. The second-order valence-corrected chi connectivity index (χ2v) is 7.51. The molecule has 0 aromatic rings. The van der Waals surface area contributed by atoms with Crippen molar-refractivity contribution in [2.75, 3.05) is 25.1 Å². The molecule has 0 aromatic heterocycles. The van der Waals surface area contributed by atoms with Crippen LogP contribution < -0.4 is 33.2 Å². The average Bonchev–Trinajstić information content (AvgIpc) is 2.68. The molecule has 172 valence electrons. The standard InChI is InChI=1S/C17H32N6O6S/c1-30-7-5-10(15(26)23-11(17(28)29)4-2-3-6-18)22-16(27)12(8-13(20)24)21-14(25)9-19/h10-12H,2-9,18-19H2,1H3,(H2,20,24)(H,21,25)(H,22,27)(H,23,26)(H,28,29). The molecular weight excluding hydrogens is 416 g/mol. The molecule has 0 bridgehead atoms. The molecule has 3 unspecified atom stereocenters. The number of nitrogens with two attached hydrogens (primary N) is 3. The van der Waals surface area contributed by atoms with Gasteiger partial charge in [0, 0.05) is 0 Å². The highest BCUT2D eigenvalue weighted by Crippen LogP contribution is 2.06. The number of carboxylic acids is 1. The van der Waals surface area contributed by atoms with Gasteiger partial charge in [-0.1, -0.05) is 0 Å². The summed E-state index contributed by atoms with van der Waals surface area (Å²) in [6, 6.07) is -3.49. The zero-order chi connectivity index (χ0) is 23.1. The van der Waals surface area contributed by atoms with E-state index in [1.165, 1.54) is 11.8 Å². The molecule has 0 aliphatic carbocycles. The van der Waals surface area contributed by atoms with Crippen LogP contribution in [0, 0.1) is 0 Å². The second-order valence-electron chi connectivity index (χ2n) is 6.52. The van der Waals surface area contributed by atoms with Gasteiger partial charge in [-0.05, 0) is 44.2 Å². The molecule has 12 nitrogen and oxygen atoms in total. The predicted octanol–water partition coefficient (Wildman–Crippen LogP) is -2.76. The van der Waals surface area contributed by atoms with Gasteiger partial charge in [-0.25, -0.2) is 4.79 Å². The van der Waals surface area contributed by atoms with Crippen molar-refractivity contribution in [3.05, 3.63) is 0 Å². The van der Waals surface area contributed by atoms with E-state index in [1.807, 2.05) is 0 Å². The van der Waals surface area contributed by atoms with Gasteiger partial charge in [-0.2, -0.15) is 11.8 Å². The second kappa shape index (κ2) is 15.5. The number of amides is 4. The lowest BCUT2D eigenvalue weighted by molar-refractivity contribution is -0.142. The molecule has 10 N–H and O–H groups in total. The van der Waals surface area contributed by atoms with Crippen molar-refractivity contribution in [2.24, 2.45) is 17.2 Å². The zero-order valence-electron chi connectivity index (χ0n) is 17.0. The summed E-state index contributed by atoms with van der Waals surface area (Å²) >= 11 is 1.43. The van der Waals surface area contributed by atoms with Gasteiger partial charge in [0.05, 0.1) is 13.0 Å². The Kier molecular flexibility index (Phi) is 14.2. The number of nitrogens with one attached hydrogen (secondary N) is 3. The number of carbonyl (C=O) groups excluding carboxylic acids is 4. The average molecular weight is 449 g/mol. The van der Waals surface area contributed by atoms with E-state index in [2.05, 4.69) is 16.0 Å². The highest BCUT2D eigenvalue weighted by atomic mass is 32.2. The van der Waals surface area contributed by atoms with Crippen LogP contribution in [-0.4, -0.2) is 77.9 Å². The minimum Gasteiger partial charge on any atom is -0.480 e. The van der Waals surface area contributed by atoms with Crippen molar-refractivity contribution in [1.82, 2.24) is 16.0 Å². The summed E-state index contributed by atoms with van der Waals surface area (Å²) in [5.74, 6) is -3.68. The van der Waals surface area contributed by atoms with Gasteiger partial charge < -0.3 is 38.3 Å². The van der Waals surface area contributed by atoms with Gasteiger partial charge in [0.15, 0.2) is 0 Å². The minimum absolute atomic E-state index is 0.193. The lowest BCUT2D eigenvalue weighted by Gasteiger charge is -2.24. The molecule has 30 heavy (non-hydrogen) atoms. The van der Waals surface area contributed by atoms with Gasteiger partial charge >= 0.3 is 5.97 Å². The quantitative estimate of drug-likeness (QED) is 0.121. The Bertz CT molecular complexity index is 605. The molecule has 0 rings (SSSR count). The first kappa shape index (κ1) is 27.6. The molecule has 4 amide bonds. The van der Waals surface area contributed by atoms with Crippen LogP contribution >= 0.6 is 11.8 Å². The number of carboxylic acid groups (broad SMARTS) is 1. The number of thioether (sulfide) groups is 1. The molecule has 0 spiro atoms. The third kappa shape index (κ3) is 11.6. The summed E-state index contributed by atoms with van der Waals surface area (Å²) < 4.78 is 0. The summed E-state index contributed by atoms with van der Waals surface area (Å²) in [7, 11) is 0. The van der Waals surface area contributed by atoms with Crippen molar-refractivity contribution in [3.63, 3.8) is 0 Å². The normalized spacial score (nSPS) is 13.6. The van der Waals surface area contributed by atoms with Gasteiger partial charge in [0.2, 0.25) is 23.6 Å². The third-order valence-corrected chi connectivity index (χ3v) is 4.69. The van der Waals surface area contributed by atoms with Crippen molar-refractivity contribution in [1.29, 1.82) is 0 Å². The topological polar surface area (TPSA) is 220 Å². The molecule has 13 heteroatoms. The lowest BCUT2D eigenvalue weighted by Crippen LogP contribution is -2.57. The fourth-order valence-corrected chi connectivity index (χ4v) is 2.93. The smallest absolute Gasteiger partial charge is 0.326 e. The summed E-state index contributed by atoms with van der Waals surface area (Å²) in [6.07, 6.45) is 2.86. The Hall–Kier alpha value is -2.38. The zero-order valence-corrected chi connectivity index (χ0v) is 17.8. The Labute approximate surface area is 179 Å². The number of primary amides is 1. The van der Waals surface area contributed by atoms with E-state index < -0.39 is 60.7 Å². The maximum Gasteiger partial charge on any atom is 0.326 e. The summed E-state index contributed by atoms with van der Waals surface area (Å²) in [6.45, 7) is 0.00445. The van der Waals surface area contributed by atoms with E-state index in [9.17, 15) is 29.1 Å². The van der Waals surface area contributed by atoms with Crippen LogP contribution in [-0.2, 0) is 24.0 Å². The Balaban J connectivity index is 5.26. The first-order valence-electron chi connectivity index (χ1n) is 9.46. The fraction of sp³-hybridized carbons (Fsp3) is 0.706. The fourth-order valence-electron chi connectivity index (χ4n) is 2.46. The largest absolute Gasteiger partial charge is 0.480 e. The van der Waals surface area contributed by atoms with Gasteiger partial charge in [0.25, 0.3) is 0 Å². The van der Waals surface area contributed by atoms with Gasteiger partial charge in [-0.15, -0.1) is 0 Å².